The van der Waals surface area contributed by atoms with E-state index in [0.717, 1.165) is 22.9 Å². The largest absolute Gasteiger partial charge is 0.388 e. The summed E-state index contributed by atoms with van der Waals surface area (Å²) < 4.78 is 0.970. The molecular weight excluding hydrogens is 254 g/mol. The zero-order valence-electron chi connectivity index (χ0n) is 8.62. The smallest absolute Gasteiger partial charge is 0.0869 e. The van der Waals surface area contributed by atoms with Crippen molar-refractivity contribution in [1.82, 2.24) is 0 Å². The minimum Gasteiger partial charge on any atom is -0.388 e. The van der Waals surface area contributed by atoms with Crippen LogP contribution in [0.25, 0.3) is 0 Å². The summed E-state index contributed by atoms with van der Waals surface area (Å²) in [5.41, 5.74) is 6.66. The van der Waals surface area contributed by atoms with Gasteiger partial charge >= 0.3 is 0 Å². The van der Waals surface area contributed by atoms with Gasteiger partial charge in [-0.2, -0.15) is 0 Å². The van der Waals surface area contributed by atoms with Crippen LogP contribution in [0.15, 0.2) is 28.7 Å². The molecule has 3 heteroatoms. The molecule has 2 rings (SSSR count). The highest BCUT2D eigenvalue weighted by Gasteiger charge is 2.43. The Bertz CT molecular complexity index is 344. The standard InChI is InChI=1S/C12H16BrNO/c13-10-5-2-1-4-9(10)11(15)12(8-14)6-3-7-12/h1-2,4-5,11,15H,3,6-8,14H2. The van der Waals surface area contributed by atoms with Crippen LogP contribution in [0.4, 0.5) is 0 Å². The molecule has 0 heterocycles. The third kappa shape index (κ3) is 1.84. The number of nitrogens with two attached hydrogens (primary N) is 1. The Balaban J connectivity index is 2.27. The molecule has 15 heavy (non-hydrogen) atoms. The summed E-state index contributed by atoms with van der Waals surface area (Å²) in [6, 6.07) is 7.83. The van der Waals surface area contributed by atoms with Crippen molar-refractivity contribution in [2.24, 2.45) is 11.1 Å². The van der Waals surface area contributed by atoms with E-state index >= 15 is 0 Å². The van der Waals surface area contributed by atoms with Gasteiger partial charge in [0.15, 0.2) is 0 Å². The van der Waals surface area contributed by atoms with Crippen molar-refractivity contribution >= 4 is 15.9 Å². The molecule has 0 aromatic heterocycles. The van der Waals surface area contributed by atoms with E-state index in [-0.39, 0.29) is 5.41 Å². The van der Waals surface area contributed by atoms with Gasteiger partial charge in [0, 0.05) is 16.4 Å². The molecule has 1 aliphatic rings. The quantitative estimate of drug-likeness (QED) is 0.886. The molecule has 1 aliphatic carbocycles. The molecule has 0 bridgehead atoms. The summed E-state index contributed by atoms with van der Waals surface area (Å²) in [6.07, 6.45) is 2.81. The predicted octanol–water partition coefficient (Wildman–Crippen LogP) is 2.61. The number of halogens is 1. The Morgan fingerprint density at radius 3 is 2.53 bits per heavy atom. The molecule has 1 unspecified atom stereocenters. The number of hydrogen-bond donors (Lipinski definition) is 2. The number of rotatable bonds is 3. The molecule has 82 valence electrons. The van der Waals surface area contributed by atoms with Crippen molar-refractivity contribution in [2.45, 2.75) is 25.4 Å². The Morgan fingerprint density at radius 1 is 1.40 bits per heavy atom. The Kier molecular flexibility index (Phi) is 3.14. The van der Waals surface area contributed by atoms with Gasteiger partial charge in [-0.3, -0.25) is 0 Å². The molecule has 1 aromatic rings. The summed E-state index contributed by atoms with van der Waals surface area (Å²) in [4.78, 5) is 0. The van der Waals surface area contributed by atoms with Crippen LogP contribution in [-0.2, 0) is 0 Å². The molecule has 1 atom stereocenters. The lowest BCUT2D eigenvalue weighted by Crippen LogP contribution is -2.42. The van der Waals surface area contributed by atoms with Gasteiger partial charge in [0.05, 0.1) is 6.10 Å². The van der Waals surface area contributed by atoms with Crippen LogP contribution in [0.2, 0.25) is 0 Å². The van der Waals surface area contributed by atoms with Gasteiger partial charge in [-0.25, -0.2) is 0 Å². The molecule has 1 fully saturated rings. The molecular formula is C12H16BrNO. The molecule has 2 nitrogen and oxygen atoms in total. The number of benzene rings is 1. The maximum Gasteiger partial charge on any atom is 0.0869 e. The van der Waals surface area contributed by atoms with Crippen molar-refractivity contribution in [3.8, 4) is 0 Å². The molecule has 1 saturated carbocycles. The average Bonchev–Trinajstić information content (AvgIpc) is 2.17. The van der Waals surface area contributed by atoms with Crippen molar-refractivity contribution < 1.29 is 5.11 Å². The van der Waals surface area contributed by atoms with Crippen LogP contribution in [-0.4, -0.2) is 11.7 Å². The van der Waals surface area contributed by atoms with Gasteiger partial charge in [-0.1, -0.05) is 40.5 Å². The first-order valence-electron chi connectivity index (χ1n) is 5.32. The highest BCUT2D eigenvalue weighted by molar-refractivity contribution is 9.10. The summed E-state index contributed by atoms with van der Waals surface area (Å²) in [5.74, 6) is 0. The fourth-order valence-corrected chi connectivity index (χ4v) is 2.75. The highest BCUT2D eigenvalue weighted by atomic mass is 79.9. The highest BCUT2D eigenvalue weighted by Crippen LogP contribution is 2.50. The van der Waals surface area contributed by atoms with Crippen molar-refractivity contribution in [2.75, 3.05) is 6.54 Å². The summed E-state index contributed by atoms with van der Waals surface area (Å²) in [5, 5.41) is 10.4. The van der Waals surface area contributed by atoms with E-state index in [4.69, 9.17) is 5.73 Å². The van der Waals surface area contributed by atoms with E-state index in [1.54, 1.807) is 0 Å². The molecule has 3 N–H and O–H groups in total. The van der Waals surface area contributed by atoms with Crippen molar-refractivity contribution in [3.05, 3.63) is 34.3 Å². The number of hydrogen-bond acceptors (Lipinski definition) is 2. The van der Waals surface area contributed by atoms with Gasteiger partial charge in [0.1, 0.15) is 0 Å². The Hall–Kier alpha value is -0.380. The summed E-state index contributed by atoms with van der Waals surface area (Å²) in [7, 11) is 0. The maximum atomic E-state index is 10.4. The first kappa shape index (κ1) is 11.1. The van der Waals surface area contributed by atoms with E-state index in [2.05, 4.69) is 15.9 Å². The zero-order chi connectivity index (χ0) is 10.9. The molecule has 0 saturated heterocycles. The van der Waals surface area contributed by atoms with Crippen LogP contribution >= 0.6 is 15.9 Å². The first-order chi connectivity index (χ1) is 7.19. The van der Waals surface area contributed by atoms with Crippen molar-refractivity contribution in [1.29, 1.82) is 0 Å². The van der Waals surface area contributed by atoms with Gasteiger partial charge in [-0.05, 0) is 24.5 Å². The van der Waals surface area contributed by atoms with Gasteiger partial charge < -0.3 is 10.8 Å². The lowest BCUT2D eigenvalue weighted by atomic mass is 9.63. The summed E-state index contributed by atoms with van der Waals surface area (Å²) in [6.45, 7) is 0.565. The van der Waals surface area contributed by atoms with Crippen LogP contribution in [0.1, 0.15) is 30.9 Å². The molecule has 0 aliphatic heterocycles. The van der Waals surface area contributed by atoms with Gasteiger partial charge in [0.25, 0.3) is 0 Å². The second-order valence-corrected chi connectivity index (χ2v) is 5.20. The number of aliphatic hydroxyl groups excluding tert-OH is 1. The fourth-order valence-electron chi connectivity index (χ4n) is 2.25. The van der Waals surface area contributed by atoms with E-state index < -0.39 is 6.10 Å². The Morgan fingerprint density at radius 2 is 2.07 bits per heavy atom. The molecule has 0 amide bonds. The van der Waals surface area contributed by atoms with E-state index in [1.807, 2.05) is 24.3 Å². The molecule has 0 spiro atoms. The summed E-state index contributed by atoms with van der Waals surface area (Å²) >= 11 is 3.47. The minimum absolute atomic E-state index is 0.0795. The maximum absolute atomic E-state index is 10.4. The van der Waals surface area contributed by atoms with Crippen LogP contribution in [0.5, 0.6) is 0 Å². The number of aliphatic hydroxyl groups is 1. The lowest BCUT2D eigenvalue weighted by molar-refractivity contribution is -0.0301. The third-order valence-electron chi connectivity index (χ3n) is 3.54. The molecule has 1 aromatic carbocycles. The van der Waals surface area contributed by atoms with Crippen LogP contribution in [0, 0.1) is 5.41 Å². The normalized spacial score (nSPS) is 20.7. The SMILES string of the molecule is NCC1(C(O)c2ccccc2Br)CCC1. The van der Waals surface area contributed by atoms with Gasteiger partial charge in [0.2, 0.25) is 0 Å². The van der Waals surface area contributed by atoms with Gasteiger partial charge in [-0.15, -0.1) is 0 Å². The lowest BCUT2D eigenvalue weighted by Gasteiger charge is -2.45. The van der Waals surface area contributed by atoms with E-state index in [0.29, 0.717) is 6.54 Å². The zero-order valence-corrected chi connectivity index (χ0v) is 10.2. The first-order valence-corrected chi connectivity index (χ1v) is 6.11. The second-order valence-electron chi connectivity index (χ2n) is 4.34. The second kappa shape index (κ2) is 4.24. The Labute approximate surface area is 98.6 Å². The van der Waals surface area contributed by atoms with Crippen LogP contribution in [0.3, 0.4) is 0 Å². The third-order valence-corrected chi connectivity index (χ3v) is 4.26. The fraction of sp³-hybridized carbons (Fsp3) is 0.500. The topological polar surface area (TPSA) is 46.2 Å². The monoisotopic (exact) mass is 269 g/mol. The van der Waals surface area contributed by atoms with Crippen LogP contribution < -0.4 is 5.73 Å². The van der Waals surface area contributed by atoms with Crippen molar-refractivity contribution in [3.63, 3.8) is 0 Å². The van der Waals surface area contributed by atoms with E-state index in [1.165, 1.54) is 6.42 Å². The minimum atomic E-state index is -0.438. The average molecular weight is 270 g/mol. The van der Waals surface area contributed by atoms with E-state index in [9.17, 15) is 5.11 Å². The molecule has 0 radical (unpaired) electrons. The predicted molar refractivity (Wildman–Crippen MR) is 64.4 cm³/mol.